The molecule has 0 bridgehead atoms. The minimum absolute atomic E-state index is 0.00336. The van der Waals surface area contributed by atoms with Gasteiger partial charge in [-0.3, -0.25) is 9.59 Å². The molecule has 0 aromatic rings. The summed E-state index contributed by atoms with van der Waals surface area (Å²) >= 11 is 0. The van der Waals surface area contributed by atoms with Gasteiger partial charge in [0.05, 0.1) is 11.2 Å². The predicted molar refractivity (Wildman–Crippen MR) is 137 cm³/mol. The average molecular weight is 469 g/mol. The molecule has 0 saturated heterocycles. The summed E-state index contributed by atoms with van der Waals surface area (Å²) in [6.45, 7) is 7.50. The Morgan fingerprint density at radius 3 is 1.97 bits per heavy atom. The summed E-state index contributed by atoms with van der Waals surface area (Å²) in [6, 6.07) is 0. The second-order valence-electron chi connectivity index (χ2n) is 8.21. The van der Waals surface area contributed by atoms with E-state index in [4.69, 9.17) is 6.42 Å². The lowest BCUT2D eigenvalue weighted by molar-refractivity contribution is -0.118. The summed E-state index contributed by atoms with van der Waals surface area (Å²) in [4.78, 5) is 25.5. The number of allylic oxidation sites excluding steroid dienone is 4. The van der Waals surface area contributed by atoms with Crippen molar-refractivity contribution < 1.29 is 19.8 Å². The molecule has 2 aliphatic carbocycles. The van der Waals surface area contributed by atoms with E-state index in [0.29, 0.717) is 12.8 Å². The van der Waals surface area contributed by atoms with Gasteiger partial charge in [0.25, 0.3) is 0 Å². The van der Waals surface area contributed by atoms with Gasteiger partial charge in [-0.1, -0.05) is 12.2 Å². The van der Waals surface area contributed by atoms with E-state index in [1.165, 1.54) is 0 Å². The van der Waals surface area contributed by atoms with Crippen molar-refractivity contribution in [1.29, 1.82) is 0 Å². The number of aliphatic hydroxyl groups excluding tert-OH is 1. The normalized spacial score (nSPS) is 21.4. The van der Waals surface area contributed by atoms with Crippen LogP contribution in [0.4, 0.5) is 0 Å². The Hall–Kier alpha value is -5.20. The molecule has 1 saturated carbocycles. The highest BCUT2D eigenvalue weighted by molar-refractivity contribution is 6.23. The molecule has 0 spiro atoms. The van der Waals surface area contributed by atoms with Crippen LogP contribution < -0.4 is 0 Å². The van der Waals surface area contributed by atoms with Gasteiger partial charge in [0.1, 0.15) is 0 Å². The summed E-state index contributed by atoms with van der Waals surface area (Å²) in [5.41, 5.74) is -0.334. The molecule has 2 N–H and O–H groups in total. The summed E-state index contributed by atoms with van der Waals surface area (Å²) in [5, 5.41) is 21.1. The van der Waals surface area contributed by atoms with Gasteiger partial charge in [-0.15, -0.1) is 6.42 Å². The van der Waals surface area contributed by atoms with E-state index in [-0.39, 0.29) is 23.5 Å². The maximum absolute atomic E-state index is 12.9. The van der Waals surface area contributed by atoms with E-state index in [9.17, 15) is 19.8 Å². The summed E-state index contributed by atoms with van der Waals surface area (Å²) in [7, 11) is 0. The third-order valence-electron chi connectivity index (χ3n) is 5.42. The first-order chi connectivity index (χ1) is 17.2. The van der Waals surface area contributed by atoms with E-state index < -0.39 is 28.8 Å². The number of Topliss-reactive ketones (excluding diaryl/α,β-unsaturated/α-hetero) is 1. The molecule has 4 nitrogen and oxygen atoms in total. The van der Waals surface area contributed by atoms with E-state index in [1.807, 2.05) is 6.92 Å². The van der Waals surface area contributed by atoms with Crippen LogP contribution in [-0.2, 0) is 9.59 Å². The molecule has 4 heteroatoms. The number of rotatable bonds is 2. The fourth-order valence-corrected chi connectivity index (χ4v) is 3.85. The molecular formula is C32H20O4. The molecular weight excluding hydrogens is 448 g/mol. The minimum atomic E-state index is -1.00. The van der Waals surface area contributed by atoms with Crippen molar-refractivity contribution in [3.8, 4) is 95.2 Å². The zero-order chi connectivity index (χ0) is 26.6. The van der Waals surface area contributed by atoms with Crippen molar-refractivity contribution >= 4 is 11.6 Å². The molecule has 1 fully saturated rings. The largest absolute Gasteiger partial charge is 0.504 e. The molecule has 0 aromatic carbocycles. The third kappa shape index (κ3) is 7.69. The van der Waals surface area contributed by atoms with E-state index >= 15 is 0 Å². The van der Waals surface area contributed by atoms with Gasteiger partial charge in [0.15, 0.2) is 11.5 Å². The van der Waals surface area contributed by atoms with Gasteiger partial charge in [-0.2, -0.15) is 0 Å². The monoisotopic (exact) mass is 468 g/mol. The number of hydrogen-bond donors (Lipinski definition) is 2. The first-order valence-electron chi connectivity index (χ1n) is 10.8. The van der Waals surface area contributed by atoms with Crippen LogP contribution in [0.15, 0.2) is 35.1 Å². The van der Waals surface area contributed by atoms with Crippen molar-refractivity contribution in [2.24, 2.45) is 11.8 Å². The Balaban J connectivity index is 2.12. The second kappa shape index (κ2) is 12.9. The number of hydrogen-bond acceptors (Lipinski definition) is 4. The van der Waals surface area contributed by atoms with Crippen LogP contribution >= 0.6 is 0 Å². The number of carbonyl (C=O) groups is 2. The van der Waals surface area contributed by atoms with Gasteiger partial charge in [0.2, 0.25) is 5.78 Å². The Kier molecular flexibility index (Phi) is 9.68. The number of carbonyl (C=O) groups excluding carboxylic acids is 2. The molecule has 2 rings (SSSR count). The van der Waals surface area contributed by atoms with Crippen LogP contribution in [0.3, 0.4) is 0 Å². The molecule has 3 unspecified atom stereocenters. The molecule has 3 atom stereocenters. The molecule has 0 aromatic heterocycles. The zero-order valence-electron chi connectivity index (χ0n) is 19.8. The van der Waals surface area contributed by atoms with Crippen molar-refractivity contribution in [3.05, 3.63) is 35.1 Å². The Labute approximate surface area is 212 Å². The zero-order valence-corrected chi connectivity index (χ0v) is 19.8. The summed E-state index contributed by atoms with van der Waals surface area (Å²) in [5.74, 6) is 33.7. The lowest BCUT2D eigenvalue weighted by Gasteiger charge is -2.41. The molecule has 36 heavy (non-hydrogen) atoms. The number of ketones is 2. The number of terminal acetylenes is 1. The molecule has 0 heterocycles. The van der Waals surface area contributed by atoms with Crippen LogP contribution in [0, 0.1) is 107 Å². The molecule has 172 valence electrons. The Morgan fingerprint density at radius 1 is 0.972 bits per heavy atom. The van der Waals surface area contributed by atoms with Crippen LogP contribution in [-0.4, -0.2) is 27.4 Å². The smallest absolute Gasteiger partial charge is 0.236 e. The Bertz CT molecular complexity index is 1550. The SMILES string of the molecule is C#CC#CC#CC#CC#CC#CC#CC#CC1=CC(=O)C(C2CC(C)(O)CCC2C(=C)C)=C(O)C1=O. The predicted octanol–water partition coefficient (Wildman–Crippen LogP) is 2.28. The van der Waals surface area contributed by atoms with Crippen LogP contribution in [0.5, 0.6) is 0 Å². The highest BCUT2D eigenvalue weighted by Crippen LogP contribution is 2.44. The van der Waals surface area contributed by atoms with Crippen molar-refractivity contribution in [3.63, 3.8) is 0 Å². The molecule has 0 radical (unpaired) electrons. The van der Waals surface area contributed by atoms with Crippen LogP contribution in [0.1, 0.15) is 33.1 Å². The first-order valence-corrected chi connectivity index (χ1v) is 10.8. The van der Waals surface area contributed by atoms with Gasteiger partial charge >= 0.3 is 0 Å². The van der Waals surface area contributed by atoms with E-state index in [0.717, 1.165) is 11.6 Å². The highest BCUT2D eigenvalue weighted by atomic mass is 16.3. The van der Waals surface area contributed by atoms with Crippen molar-refractivity contribution in [2.75, 3.05) is 0 Å². The maximum Gasteiger partial charge on any atom is 0.236 e. The standard InChI is InChI=1S/C32H20O4/c1-5-6-7-8-9-10-11-12-13-14-15-16-17-18-19-25-22-28(33)29(31(35)30(25)34)27-23-32(4,36)21-20-26(27)24(2)3/h1,22,26-27,35-36H,2,20-21,23H2,3-4H3. The van der Waals surface area contributed by atoms with E-state index in [1.54, 1.807) is 6.92 Å². The van der Waals surface area contributed by atoms with E-state index in [2.05, 4.69) is 95.4 Å². The number of aliphatic hydroxyl groups is 2. The molecule has 0 aliphatic heterocycles. The van der Waals surface area contributed by atoms with Gasteiger partial charge in [-0.05, 0) is 128 Å². The van der Waals surface area contributed by atoms with Gasteiger partial charge in [-0.25, -0.2) is 0 Å². The van der Waals surface area contributed by atoms with Crippen LogP contribution in [0.25, 0.3) is 0 Å². The van der Waals surface area contributed by atoms with Crippen molar-refractivity contribution in [2.45, 2.75) is 38.7 Å². The second-order valence-corrected chi connectivity index (χ2v) is 8.21. The summed E-state index contributed by atoms with van der Waals surface area (Å²) < 4.78 is 0. The minimum Gasteiger partial charge on any atom is -0.504 e. The fraction of sp³-hybridized carbons (Fsp3) is 0.250. The maximum atomic E-state index is 12.9. The van der Waals surface area contributed by atoms with Gasteiger partial charge in [0, 0.05) is 17.6 Å². The third-order valence-corrected chi connectivity index (χ3v) is 5.42. The average Bonchev–Trinajstić information content (AvgIpc) is 2.81. The fourth-order valence-electron chi connectivity index (χ4n) is 3.85. The molecule has 0 amide bonds. The lowest BCUT2D eigenvalue weighted by atomic mass is 9.65. The quantitative estimate of drug-likeness (QED) is 0.371. The molecule has 2 aliphatic rings. The highest BCUT2D eigenvalue weighted by Gasteiger charge is 2.43. The first kappa shape index (κ1) is 27.0. The van der Waals surface area contributed by atoms with Crippen LogP contribution in [0.2, 0.25) is 0 Å². The topological polar surface area (TPSA) is 74.6 Å². The summed E-state index contributed by atoms with van der Waals surface area (Å²) in [6.07, 6.45) is 7.42. The van der Waals surface area contributed by atoms with Gasteiger partial charge < -0.3 is 10.2 Å². The Morgan fingerprint density at radius 2 is 1.47 bits per heavy atom. The van der Waals surface area contributed by atoms with Crippen molar-refractivity contribution in [1.82, 2.24) is 0 Å². The lowest BCUT2D eigenvalue weighted by Crippen LogP contribution is -2.40.